The van der Waals surface area contributed by atoms with Crippen LogP contribution >= 0.6 is 0 Å². The van der Waals surface area contributed by atoms with Crippen molar-refractivity contribution in [1.29, 1.82) is 0 Å². The quantitative estimate of drug-likeness (QED) is 0.381. The van der Waals surface area contributed by atoms with Crippen LogP contribution in [-0.4, -0.2) is 20.1 Å². The molecule has 0 aromatic heterocycles. The van der Waals surface area contributed by atoms with Crippen molar-refractivity contribution in [2.45, 2.75) is 0 Å². The summed E-state index contributed by atoms with van der Waals surface area (Å²) in [5, 5.41) is 2.90. The number of nitrogen functional groups attached to an aromatic ring is 2. The Labute approximate surface area is 82.5 Å². The summed E-state index contributed by atoms with van der Waals surface area (Å²) in [7, 11) is 1.66. The molecule has 5 heteroatoms. The van der Waals surface area contributed by atoms with Gasteiger partial charge >= 0.3 is 0 Å². The van der Waals surface area contributed by atoms with Crippen LogP contribution in [0.15, 0.2) is 22.1 Å². The first-order chi connectivity index (χ1) is 6.69. The number of nitrogens with one attached hydrogen (secondary N) is 1. The number of nitrogens with two attached hydrogens (primary N) is 2. The van der Waals surface area contributed by atoms with Crippen LogP contribution in [0.5, 0.6) is 0 Å². The van der Waals surface area contributed by atoms with Crippen molar-refractivity contribution in [2.75, 3.05) is 23.8 Å². The molecular weight excluding hydrogens is 178 g/mol. The van der Waals surface area contributed by atoms with Crippen molar-refractivity contribution in [1.82, 2.24) is 0 Å². The van der Waals surface area contributed by atoms with Gasteiger partial charge in [0.1, 0.15) is 0 Å². The molecule has 5 nitrogen and oxygen atoms in total. The molecule has 0 saturated carbocycles. The maximum atomic E-state index is 5.74. The fourth-order valence-electron chi connectivity index (χ4n) is 1.02. The predicted octanol–water partition coefficient (Wildman–Crippen LogP) is 1.25. The summed E-state index contributed by atoms with van der Waals surface area (Å²) in [5.74, 6) is 0. The molecule has 0 radical (unpaired) electrons. The summed E-state index contributed by atoms with van der Waals surface area (Å²) >= 11 is 0. The van der Waals surface area contributed by atoms with Crippen LogP contribution in [-0.2, 0) is 0 Å². The smallest absolute Gasteiger partial charge is 0.0873 e. The number of hydrogen-bond acceptors (Lipinski definition) is 4. The van der Waals surface area contributed by atoms with Crippen LogP contribution in [0.2, 0.25) is 0 Å². The van der Waals surface area contributed by atoms with Crippen molar-refractivity contribution < 1.29 is 0 Å². The van der Waals surface area contributed by atoms with Gasteiger partial charge in [-0.15, -0.1) is 0 Å². The molecule has 0 aliphatic rings. The Bertz CT molecular complexity index is 370. The minimum Gasteiger partial charge on any atom is -0.397 e. The second-order valence-electron chi connectivity index (χ2n) is 2.69. The number of anilines is 3. The Morgan fingerprint density at radius 1 is 1.36 bits per heavy atom. The van der Waals surface area contributed by atoms with Gasteiger partial charge < -0.3 is 16.8 Å². The zero-order valence-corrected chi connectivity index (χ0v) is 7.99. The number of benzene rings is 1. The van der Waals surface area contributed by atoms with E-state index in [1.807, 2.05) is 0 Å². The van der Waals surface area contributed by atoms with Gasteiger partial charge in [0.25, 0.3) is 0 Å². The van der Waals surface area contributed by atoms with E-state index in [0.717, 1.165) is 0 Å². The van der Waals surface area contributed by atoms with Crippen LogP contribution in [0, 0.1) is 0 Å². The molecule has 1 aromatic carbocycles. The molecule has 1 rings (SSSR count). The van der Waals surface area contributed by atoms with Crippen LogP contribution in [0.3, 0.4) is 0 Å². The van der Waals surface area contributed by atoms with Crippen molar-refractivity contribution in [2.24, 2.45) is 9.98 Å². The van der Waals surface area contributed by atoms with E-state index in [-0.39, 0.29) is 0 Å². The number of rotatable bonds is 3. The third-order valence-corrected chi connectivity index (χ3v) is 1.72. The lowest BCUT2D eigenvalue weighted by Crippen LogP contribution is -2.00. The Morgan fingerprint density at radius 3 is 2.64 bits per heavy atom. The topological polar surface area (TPSA) is 88.8 Å². The molecule has 0 aliphatic carbocycles. The molecular formula is C9H13N5. The second-order valence-corrected chi connectivity index (χ2v) is 2.69. The molecule has 0 amide bonds. The van der Waals surface area contributed by atoms with E-state index in [0.29, 0.717) is 22.7 Å². The molecule has 0 spiro atoms. The monoisotopic (exact) mass is 191 g/mol. The molecule has 0 heterocycles. The highest BCUT2D eigenvalue weighted by Gasteiger charge is 2.02. The van der Waals surface area contributed by atoms with Gasteiger partial charge in [-0.05, 0) is 18.9 Å². The fourth-order valence-corrected chi connectivity index (χ4v) is 1.02. The van der Waals surface area contributed by atoms with Crippen LogP contribution in [0.1, 0.15) is 0 Å². The summed E-state index contributed by atoms with van der Waals surface area (Å²) in [6.45, 7) is 3.39. The first-order valence-corrected chi connectivity index (χ1v) is 4.02. The zero-order chi connectivity index (χ0) is 10.6. The maximum absolute atomic E-state index is 5.74. The van der Waals surface area contributed by atoms with Crippen LogP contribution in [0.4, 0.5) is 22.7 Å². The van der Waals surface area contributed by atoms with E-state index < -0.39 is 0 Å². The lowest BCUT2D eigenvalue weighted by molar-refractivity contribution is 1.45. The molecule has 0 fully saturated rings. The minimum absolute atomic E-state index is 0.529. The maximum Gasteiger partial charge on any atom is 0.0873 e. The third-order valence-electron chi connectivity index (χ3n) is 1.72. The Kier molecular flexibility index (Phi) is 3.06. The molecule has 0 atom stereocenters. The highest BCUT2D eigenvalue weighted by atomic mass is 14.9. The zero-order valence-electron chi connectivity index (χ0n) is 7.99. The molecule has 0 bridgehead atoms. The summed E-state index contributed by atoms with van der Waals surface area (Å²) < 4.78 is 0. The number of hydrogen-bond donors (Lipinski definition) is 3. The van der Waals surface area contributed by atoms with E-state index in [1.54, 1.807) is 19.2 Å². The lowest BCUT2D eigenvalue weighted by Gasteiger charge is -2.07. The Hall–Kier alpha value is -2.04. The van der Waals surface area contributed by atoms with E-state index in [9.17, 15) is 0 Å². The highest BCUT2D eigenvalue weighted by molar-refractivity contribution is 5.87. The molecule has 74 valence electrons. The average molecular weight is 191 g/mol. The molecule has 1 aromatic rings. The van der Waals surface area contributed by atoms with Crippen molar-refractivity contribution >= 4 is 35.8 Å². The fraction of sp³-hybridized carbons (Fsp3) is 0.111. The molecule has 5 N–H and O–H groups in total. The van der Waals surface area contributed by atoms with Gasteiger partial charge in [0, 0.05) is 7.05 Å². The van der Waals surface area contributed by atoms with E-state index in [2.05, 4.69) is 22.0 Å². The largest absolute Gasteiger partial charge is 0.397 e. The van der Waals surface area contributed by atoms with E-state index in [1.165, 1.54) is 6.34 Å². The van der Waals surface area contributed by atoms with Gasteiger partial charge in [-0.25, -0.2) is 0 Å². The molecule has 0 unspecified atom stereocenters. The molecule has 0 aliphatic heterocycles. The summed E-state index contributed by atoms with van der Waals surface area (Å²) in [5.41, 5.74) is 13.8. The summed E-state index contributed by atoms with van der Waals surface area (Å²) in [6, 6.07) is 3.36. The predicted molar refractivity (Wildman–Crippen MR) is 62.5 cm³/mol. The number of nitrogens with zero attached hydrogens (tertiary/aromatic N) is 2. The van der Waals surface area contributed by atoms with Crippen molar-refractivity contribution in [3.8, 4) is 0 Å². The molecule has 14 heavy (non-hydrogen) atoms. The summed E-state index contributed by atoms with van der Waals surface area (Å²) in [6.07, 6.45) is 1.53. The van der Waals surface area contributed by atoms with Gasteiger partial charge in [-0.1, -0.05) is 0 Å². The first-order valence-electron chi connectivity index (χ1n) is 4.02. The highest BCUT2D eigenvalue weighted by Crippen LogP contribution is 2.30. The molecule has 0 saturated heterocycles. The Morgan fingerprint density at radius 2 is 2.07 bits per heavy atom. The SMILES string of the molecule is C=Nc1cc(N)c(NC=NC)cc1N. The van der Waals surface area contributed by atoms with E-state index in [4.69, 9.17) is 11.5 Å². The van der Waals surface area contributed by atoms with Crippen LogP contribution < -0.4 is 16.8 Å². The van der Waals surface area contributed by atoms with Crippen LogP contribution in [0.25, 0.3) is 0 Å². The standard InChI is InChI=1S/C9H13N5/c1-12-5-14-9-4-6(10)8(13-2)3-7(9)11/h3-5H,2,10-11H2,1H3,(H,12,14). The number of aliphatic imine (C=N–C) groups is 2. The summed E-state index contributed by atoms with van der Waals surface area (Å²) in [4.78, 5) is 7.51. The minimum atomic E-state index is 0.529. The van der Waals surface area contributed by atoms with E-state index >= 15 is 0 Å². The van der Waals surface area contributed by atoms with Gasteiger partial charge in [0.15, 0.2) is 0 Å². The van der Waals surface area contributed by atoms with Crippen molar-refractivity contribution in [3.63, 3.8) is 0 Å². The third kappa shape index (κ3) is 2.01. The lowest BCUT2D eigenvalue weighted by atomic mass is 10.2. The van der Waals surface area contributed by atoms with Crippen molar-refractivity contribution in [3.05, 3.63) is 12.1 Å². The average Bonchev–Trinajstić information content (AvgIpc) is 2.18. The Balaban J connectivity index is 3.08. The van der Waals surface area contributed by atoms with Gasteiger partial charge in [-0.3, -0.25) is 9.98 Å². The van der Waals surface area contributed by atoms with Gasteiger partial charge in [0.2, 0.25) is 0 Å². The normalized spacial score (nSPS) is 10.4. The van der Waals surface area contributed by atoms with Gasteiger partial charge in [0.05, 0.1) is 29.1 Å². The van der Waals surface area contributed by atoms with Gasteiger partial charge in [-0.2, -0.15) is 0 Å². The first kappa shape index (κ1) is 10.0. The second kappa shape index (κ2) is 4.27.